The molecule has 5 nitrogen and oxygen atoms in total. The summed E-state index contributed by atoms with van der Waals surface area (Å²) < 4.78 is 0. The lowest BCUT2D eigenvalue weighted by molar-refractivity contribution is -0.137. The summed E-state index contributed by atoms with van der Waals surface area (Å²) in [6.07, 6.45) is 0.994. The summed E-state index contributed by atoms with van der Waals surface area (Å²) in [6, 6.07) is 0. The van der Waals surface area contributed by atoms with Crippen molar-refractivity contribution in [2.24, 2.45) is 0 Å². The number of carbonyl (C=O) groups excluding carboxylic acids is 2. The maximum atomic E-state index is 11.5. The molecule has 0 spiro atoms. The second kappa shape index (κ2) is 7.23. The topological polar surface area (TPSA) is 52.7 Å². The average Bonchev–Trinajstić information content (AvgIpc) is 2.17. The van der Waals surface area contributed by atoms with Gasteiger partial charge in [0.1, 0.15) is 0 Å². The highest BCUT2D eigenvalue weighted by Crippen LogP contribution is 1.87. The molecule has 0 aliphatic heterocycles. The fourth-order valence-corrected chi connectivity index (χ4v) is 0.940. The van der Waals surface area contributed by atoms with Crippen LogP contribution in [0.5, 0.6) is 0 Å². The molecule has 0 aromatic rings. The monoisotopic (exact) mass is 215 g/mol. The largest absolute Gasteiger partial charge is 0.347 e. The molecule has 0 saturated heterocycles. The number of hydrogen-bond donors (Lipinski definition) is 1. The van der Waals surface area contributed by atoms with E-state index in [1.165, 1.54) is 9.80 Å². The van der Waals surface area contributed by atoms with Gasteiger partial charge in [-0.2, -0.15) is 0 Å². The van der Waals surface area contributed by atoms with Crippen LogP contribution < -0.4 is 5.32 Å². The number of carbonyl (C=O) groups is 2. The van der Waals surface area contributed by atoms with Crippen molar-refractivity contribution in [1.82, 2.24) is 15.1 Å². The Morgan fingerprint density at radius 1 is 1.13 bits per heavy atom. The molecule has 15 heavy (non-hydrogen) atoms. The van der Waals surface area contributed by atoms with Gasteiger partial charge < -0.3 is 15.1 Å². The van der Waals surface area contributed by atoms with Gasteiger partial charge >= 0.3 is 0 Å². The van der Waals surface area contributed by atoms with Crippen LogP contribution in [-0.2, 0) is 9.59 Å². The minimum Gasteiger partial charge on any atom is -0.347 e. The molecule has 0 heterocycles. The van der Waals surface area contributed by atoms with Crippen molar-refractivity contribution in [3.05, 3.63) is 0 Å². The molecule has 0 aliphatic carbocycles. The molecule has 5 heteroatoms. The highest BCUT2D eigenvalue weighted by molar-refractivity contribution is 5.85. The second-order valence-electron chi connectivity index (χ2n) is 3.71. The molecule has 0 fully saturated rings. The zero-order valence-corrected chi connectivity index (χ0v) is 10.0. The van der Waals surface area contributed by atoms with E-state index in [9.17, 15) is 9.59 Å². The fraction of sp³-hybridized carbons (Fsp3) is 0.800. The van der Waals surface area contributed by atoms with Crippen LogP contribution in [0.4, 0.5) is 0 Å². The van der Waals surface area contributed by atoms with Crippen LogP contribution in [0.3, 0.4) is 0 Å². The van der Waals surface area contributed by atoms with Gasteiger partial charge in [-0.1, -0.05) is 6.92 Å². The van der Waals surface area contributed by atoms with Gasteiger partial charge in [-0.05, 0) is 13.0 Å². The standard InChI is InChI=1S/C10H21N3O2/c1-5-6-11-7-9(14)13(4)8-10(15)12(2)3/h11H,5-8H2,1-4H3. The van der Waals surface area contributed by atoms with Gasteiger partial charge in [0, 0.05) is 21.1 Å². The van der Waals surface area contributed by atoms with E-state index < -0.39 is 0 Å². The Morgan fingerprint density at radius 2 is 1.73 bits per heavy atom. The maximum Gasteiger partial charge on any atom is 0.241 e. The Hall–Kier alpha value is -1.10. The lowest BCUT2D eigenvalue weighted by atomic mass is 10.4. The van der Waals surface area contributed by atoms with Crippen molar-refractivity contribution < 1.29 is 9.59 Å². The Kier molecular flexibility index (Phi) is 6.70. The quantitative estimate of drug-likeness (QED) is 0.610. The zero-order valence-electron chi connectivity index (χ0n) is 10.0. The van der Waals surface area contributed by atoms with Crippen LogP contribution in [0.1, 0.15) is 13.3 Å². The first kappa shape index (κ1) is 13.9. The summed E-state index contributed by atoms with van der Waals surface area (Å²) in [7, 11) is 4.99. The van der Waals surface area contributed by atoms with Gasteiger partial charge in [0.15, 0.2) is 0 Å². The van der Waals surface area contributed by atoms with Gasteiger partial charge in [-0.3, -0.25) is 9.59 Å². The number of nitrogens with one attached hydrogen (secondary N) is 1. The smallest absolute Gasteiger partial charge is 0.241 e. The first-order chi connectivity index (χ1) is 6.99. The number of rotatable bonds is 6. The van der Waals surface area contributed by atoms with Crippen molar-refractivity contribution in [2.45, 2.75) is 13.3 Å². The van der Waals surface area contributed by atoms with E-state index in [1.807, 2.05) is 6.92 Å². The minimum atomic E-state index is -0.0682. The highest BCUT2D eigenvalue weighted by Gasteiger charge is 2.13. The summed E-state index contributed by atoms with van der Waals surface area (Å²) in [4.78, 5) is 25.7. The number of likely N-dealkylation sites (N-methyl/N-ethyl adjacent to an activating group) is 2. The van der Waals surface area contributed by atoms with Crippen LogP contribution in [0.2, 0.25) is 0 Å². The summed E-state index contributed by atoms with van der Waals surface area (Å²) >= 11 is 0. The molecule has 0 radical (unpaired) electrons. The fourth-order valence-electron chi connectivity index (χ4n) is 0.940. The van der Waals surface area contributed by atoms with Crippen LogP contribution in [-0.4, -0.2) is 62.4 Å². The molecule has 0 saturated carbocycles. The third-order valence-electron chi connectivity index (χ3n) is 2.00. The minimum absolute atomic E-state index is 0.0568. The molecule has 0 aliphatic rings. The van der Waals surface area contributed by atoms with Gasteiger partial charge in [0.2, 0.25) is 11.8 Å². The second-order valence-corrected chi connectivity index (χ2v) is 3.71. The van der Waals surface area contributed by atoms with Crippen LogP contribution in [0.25, 0.3) is 0 Å². The van der Waals surface area contributed by atoms with E-state index in [-0.39, 0.29) is 18.4 Å². The molecule has 0 bridgehead atoms. The Morgan fingerprint density at radius 3 is 2.20 bits per heavy atom. The summed E-state index contributed by atoms with van der Waals surface area (Å²) in [5.74, 6) is -0.125. The predicted octanol–water partition coefficient (Wildman–Crippen LogP) is -0.467. The number of nitrogens with zero attached hydrogens (tertiary/aromatic N) is 2. The third kappa shape index (κ3) is 6.06. The maximum absolute atomic E-state index is 11.5. The molecule has 0 aromatic heterocycles. The van der Waals surface area contributed by atoms with Gasteiger partial charge in [-0.15, -0.1) is 0 Å². The molecule has 2 amide bonds. The molecule has 0 aromatic carbocycles. The lowest BCUT2D eigenvalue weighted by Crippen LogP contribution is -2.41. The first-order valence-electron chi connectivity index (χ1n) is 5.13. The Balaban J connectivity index is 3.83. The van der Waals surface area contributed by atoms with Crippen molar-refractivity contribution in [3.8, 4) is 0 Å². The van der Waals surface area contributed by atoms with E-state index in [4.69, 9.17) is 0 Å². The number of hydrogen-bond acceptors (Lipinski definition) is 3. The summed E-state index contributed by atoms with van der Waals surface area (Å²) in [6.45, 7) is 3.29. The Bertz CT molecular complexity index is 217. The van der Waals surface area contributed by atoms with Crippen molar-refractivity contribution >= 4 is 11.8 Å². The third-order valence-corrected chi connectivity index (χ3v) is 2.00. The van der Waals surface area contributed by atoms with E-state index in [1.54, 1.807) is 21.1 Å². The molecule has 88 valence electrons. The van der Waals surface area contributed by atoms with Crippen molar-refractivity contribution in [3.63, 3.8) is 0 Å². The van der Waals surface area contributed by atoms with E-state index in [0.29, 0.717) is 6.54 Å². The summed E-state index contributed by atoms with van der Waals surface area (Å²) in [5.41, 5.74) is 0. The normalized spacial score (nSPS) is 9.87. The van der Waals surface area contributed by atoms with Gasteiger partial charge in [0.05, 0.1) is 13.1 Å². The van der Waals surface area contributed by atoms with Crippen molar-refractivity contribution in [2.75, 3.05) is 40.8 Å². The van der Waals surface area contributed by atoms with Crippen molar-refractivity contribution in [1.29, 1.82) is 0 Å². The molecule has 1 N–H and O–H groups in total. The average molecular weight is 215 g/mol. The molecular weight excluding hydrogens is 194 g/mol. The molecule has 0 rings (SSSR count). The highest BCUT2D eigenvalue weighted by atomic mass is 16.2. The van der Waals surface area contributed by atoms with E-state index in [0.717, 1.165) is 13.0 Å². The van der Waals surface area contributed by atoms with Crippen LogP contribution in [0.15, 0.2) is 0 Å². The van der Waals surface area contributed by atoms with Crippen LogP contribution >= 0.6 is 0 Å². The lowest BCUT2D eigenvalue weighted by Gasteiger charge is -2.19. The zero-order chi connectivity index (χ0) is 11.8. The van der Waals surface area contributed by atoms with Crippen LogP contribution in [0, 0.1) is 0 Å². The van der Waals surface area contributed by atoms with Gasteiger partial charge in [0.25, 0.3) is 0 Å². The SMILES string of the molecule is CCCNCC(=O)N(C)CC(=O)N(C)C. The predicted molar refractivity (Wildman–Crippen MR) is 59.5 cm³/mol. The summed E-state index contributed by atoms with van der Waals surface area (Å²) in [5, 5.41) is 3.00. The van der Waals surface area contributed by atoms with Gasteiger partial charge in [-0.25, -0.2) is 0 Å². The Labute approximate surface area is 91.4 Å². The first-order valence-corrected chi connectivity index (χ1v) is 5.13. The van der Waals surface area contributed by atoms with E-state index >= 15 is 0 Å². The molecule has 0 unspecified atom stereocenters. The number of amides is 2. The van der Waals surface area contributed by atoms with E-state index in [2.05, 4.69) is 5.32 Å². The molecule has 0 atom stereocenters. The molecular formula is C10H21N3O2.